The minimum Gasteiger partial charge on any atom is -0.453 e. The Kier molecular flexibility index (Phi) is 13.9. The number of rotatable bonds is 18. The maximum absolute atomic E-state index is 13.6. The number of carbonyl (C=O) groups is 3. The molecule has 0 heterocycles. The molecule has 0 saturated carbocycles. The summed E-state index contributed by atoms with van der Waals surface area (Å²) >= 11 is 1.51. The van der Waals surface area contributed by atoms with Crippen molar-refractivity contribution in [3.05, 3.63) is 95.6 Å². The van der Waals surface area contributed by atoms with Crippen molar-refractivity contribution in [2.24, 2.45) is 5.92 Å². The van der Waals surface area contributed by atoms with Crippen LogP contribution in [-0.2, 0) is 27.4 Å². The number of ketones is 1. The van der Waals surface area contributed by atoms with E-state index in [4.69, 9.17) is 4.74 Å². The van der Waals surface area contributed by atoms with Crippen molar-refractivity contribution < 1.29 is 29.3 Å². The molecule has 3 rings (SSSR count). The van der Waals surface area contributed by atoms with Crippen molar-refractivity contribution in [3.8, 4) is 0 Å². The molecule has 0 bridgehead atoms. The number of aliphatic hydroxyl groups excluding tert-OH is 2. The predicted octanol–water partition coefficient (Wildman–Crippen LogP) is 4.11. The number of ether oxygens (including phenoxy) is 1. The first-order valence-corrected chi connectivity index (χ1v) is 15.4. The van der Waals surface area contributed by atoms with Gasteiger partial charge in [0.1, 0.15) is 0 Å². The summed E-state index contributed by atoms with van der Waals surface area (Å²) in [4.78, 5) is 39.6. The highest BCUT2D eigenvalue weighted by molar-refractivity contribution is 7.97. The van der Waals surface area contributed by atoms with Gasteiger partial charge in [0.2, 0.25) is 0 Å². The fourth-order valence-electron chi connectivity index (χ4n) is 4.70. The topological polar surface area (TPSA) is 119 Å². The molecule has 0 aliphatic carbocycles. The van der Waals surface area contributed by atoms with E-state index in [1.54, 1.807) is 30.1 Å². The van der Waals surface area contributed by atoms with Crippen LogP contribution in [0.15, 0.2) is 83.8 Å². The summed E-state index contributed by atoms with van der Waals surface area (Å²) in [6.07, 6.45) is -1.75. The standard InChI is InChI=1S/C34H43N3O6S/c1-24(2)19-37(44-30-15-13-27(22-38)14-16-30)20-32(41)31(17-26-9-6-5-7-10-26)35-34(42)33(43-23-39)21-36(4)29-12-8-11-28(18-29)25(3)40/h5-16,18,23-24,31-33,38,41H,17,19-22H2,1-4H3,(H,35,42). The number of Topliss-reactive ketones (excluding diaryl/α,β-unsaturated/α-hetero) is 1. The SMILES string of the molecule is CC(=O)c1cccc(N(C)CC(OC=O)C(=O)NC(Cc2ccccc2)C(O)CN(CC(C)C)Sc2ccc(CO)cc2)c1. The number of anilines is 1. The number of carbonyl (C=O) groups excluding carboxylic acids is 3. The number of hydrogen-bond donors (Lipinski definition) is 3. The third-order valence-electron chi connectivity index (χ3n) is 7.04. The molecule has 0 aromatic heterocycles. The summed E-state index contributed by atoms with van der Waals surface area (Å²) in [6.45, 7) is 6.89. The van der Waals surface area contributed by atoms with Gasteiger partial charge in [-0.2, -0.15) is 0 Å². The highest BCUT2D eigenvalue weighted by atomic mass is 32.2. The van der Waals surface area contributed by atoms with E-state index in [2.05, 4.69) is 23.5 Å². The van der Waals surface area contributed by atoms with Crippen LogP contribution in [-0.4, -0.2) is 77.6 Å². The predicted molar refractivity (Wildman–Crippen MR) is 173 cm³/mol. The first kappa shape index (κ1) is 34.8. The maximum Gasteiger partial charge on any atom is 0.293 e. The quantitative estimate of drug-likeness (QED) is 0.110. The molecule has 3 atom stereocenters. The molecule has 3 unspecified atom stereocenters. The first-order chi connectivity index (χ1) is 21.1. The van der Waals surface area contributed by atoms with Gasteiger partial charge in [0, 0.05) is 36.3 Å². The minimum absolute atomic E-state index is 0.0321. The van der Waals surface area contributed by atoms with Gasteiger partial charge in [-0.05, 0) is 66.6 Å². The normalized spacial score (nSPS) is 13.3. The van der Waals surface area contributed by atoms with Crippen molar-refractivity contribution in [1.82, 2.24) is 9.62 Å². The summed E-state index contributed by atoms with van der Waals surface area (Å²) in [5.74, 6) is -0.298. The summed E-state index contributed by atoms with van der Waals surface area (Å²) in [7, 11) is 1.75. The lowest BCUT2D eigenvalue weighted by molar-refractivity contribution is -0.145. The molecule has 3 aromatic carbocycles. The molecule has 44 heavy (non-hydrogen) atoms. The number of benzene rings is 3. The van der Waals surface area contributed by atoms with Crippen LogP contribution in [0.1, 0.15) is 42.3 Å². The van der Waals surface area contributed by atoms with E-state index < -0.39 is 24.2 Å². The molecule has 3 N–H and O–H groups in total. The number of nitrogens with zero attached hydrogens (tertiary/aromatic N) is 2. The van der Waals surface area contributed by atoms with Crippen LogP contribution >= 0.6 is 11.9 Å². The Morgan fingerprint density at radius 2 is 1.66 bits per heavy atom. The maximum atomic E-state index is 13.6. The Hall–Kier alpha value is -3.70. The van der Waals surface area contributed by atoms with Crippen molar-refractivity contribution >= 4 is 35.8 Å². The molecule has 0 radical (unpaired) electrons. The van der Waals surface area contributed by atoms with Crippen LogP contribution in [0.2, 0.25) is 0 Å². The Morgan fingerprint density at radius 1 is 0.955 bits per heavy atom. The molecular weight excluding hydrogens is 578 g/mol. The van der Waals surface area contributed by atoms with Gasteiger partial charge in [0.15, 0.2) is 11.9 Å². The molecule has 0 fully saturated rings. The molecule has 1 amide bonds. The second-order valence-corrected chi connectivity index (χ2v) is 12.4. The second kappa shape index (κ2) is 17.6. The van der Waals surface area contributed by atoms with E-state index in [9.17, 15) is 24.6 Å². The molecule has 3 aromatic rings. The Morgan fingerprint density at radius 3 is 2.27 bits per heavy atom. The van der Waals surface area contributed by atoms with Gasteiger partial charge in [-0.15, -0.1) is 0 Å². The van der Waals surface area contributed by atoms with Crippen LogP contribution in [0.4, 0.5) is 5.69 Å². The fraction of sp³-hybridized carbons (Fsp3) is 0.382. The van der Waals surface area contributed by atoms with Crippen LogP contribution in [0.3, 0.4) is 0 Å². The summed E-state index contributed by atoms with van der Waals surface area (Å²) < 4.78 is 7.29. The number of amides is 1. The Labute approximate surface area is 264 Å². The highest BCUT2D eigenvalue weighted by Crippen LogP contribution is 2.25. The molecule has 0 aliphatic heterocycles. The van der Waals surface area contributed by atoms with Gasteiger partial charge in [-0.3, -0.25) is 14.4 Å². The van der Waals surface area contributed by atoms with Crippen molar-refractivity contribution in [3.63, 3.8) is 0 Å². The monoisotopic (exact) mass is 621 g/mol. The summed E-state index contributed by atoms with van der Waals surface area (Å²) in [5.41, 5.74) is 2.98. The minimum atomic E-state index is -1.16. The van der Waals surface area contributed by atoms with Gasteiger partial charge in [-0.1, -0.05) is 68.4 Å². The number of likely N-dealkylation sites (N-methyl/N-ethyl adjacent to an activating group) is 1. The lowest BCUT2D eigenvalue weighted by atomic mass is 10.0. The van der Waals surface area contributed by atoms with Gasteiger partial charge in [0.05, 0.1) is 25.3 Å². The van der Waals surface area contributed by atoms with Crippen LogP contribution in [0.25, 0.3) is 0 Å². The van der Waals surface area contributed by atoms with E-state index in [0.29, 0.717) is 30.1 Å². The summed E-state index contributed by atoms with van der Waals surface area (Å²) in [6, 6.07) is 23.5. The van der Waals surface area contributed by atoms with Crippen LogP contribution in [0.5, 0.6) is 0 Å². The average molecular weight is 622 g/mol. The second-order valence-electron chi connectivity index (χ2n) is 11.2. The fourth-order valence-corrected chi connectivity index (χ4v) is 5.85. The highest BCUT2D eigenvalue weighted by Gasteiger charge is 2.30. The third kappa shape index (κ3) is 11.1. The van der Waals surface area contributed by atoms with E-state index >= 15 is 0 Å². The molecular formula is C34H43N3O6S. The molecule has 10 heteroatoms. The van der Waals surface area contributed by atoms with E-state index in [0.717, 1.165) is 16.0 Å². The largest absolute Gasteiger partial charge is 0.453 e. The lowest BCUT2D eigenvalue weighted by Gasteiger charge is -2.32. The van der Waals surface area contributed by atoms with Crippen LogP contribution in [0, 0.1) is 5.92 Å². The molecule has 0 spiro atoms. The average Bonchev–Trinajstić information content (AvgIpc) is 3.01. The zero-order valence-electron chi connectivity index (χ0n) is 25.8. The first-order valence-electron chi connectivity index (χ1n) is 14.7. The van der Waals surface area contributed by atoms with Crippen LogP contribution < -0.4 is 10.2 Å². The van der Waals surface area contributed by atoms with Gasteiger partial charge in [0.25, 0.3) is 12.4 Å². The van der Waals surface area contributed by atoms with E-state index in [-0.39, 0.29) is 32.0 Å². The van der Waals surface area contributed by atoms with Gasteiger partial charge >= 0.3 is 0 Å². The van der Waals surface area contributed by atoms with Crippen molar-refractivity contribution in [2.75, 3.05) is 31.6 Å². The molecule has 0 saturated heterocycles. The van der Waals surface area contributed by atoms with Gasteiger partial charge < -0.3 is 25.2 Å². The third-order valence-corrected chi connectivity index (χ3v) is 8.08. The zero-order chi connectivity index (χ0) is 32.1. The zero-order valence-corrected chi connectivity index (χ0v) is 26.6. The molecule has 236 valence electrons. The number of aliphatic hydroxyl groups is 2. The number of hydrogen-bond acceptors (Lipinski definition) is 9. The summed E-state index contributed by atoms with van der Waals surface area (Å²) in [5, 5.41) is 23.9. The van der Waals surface area contributed by atoms with E-state index in [1.165, 1.54) is 18.9 Å². The lowest BCUT2D eigenvalue weighted by Crippen LogP contribution is -2.53. The van der Waals surface area contributed by atoms with Crippen molar-refractivity contribution in [1.29, 1.82) is 0 Å². The van der Waals surface area contributed by atoms with E-state index in [1.807, 2.05) is 60.7 Å². The Bertz CT molecular complexity index is 1340. The smallest absolute Gasteiger partial charge is 0.293 e. The van der Waals surface area contributed by atoms with Gasteiger partial charge in [-0.25, -0.2) is 4.31 Å². The number of nitrogens with one attached hydrogen (secondary N) is 1. The molecule has 9 nitrogen and oxygen atoms in total. The van der Waals surface area contributed by atoms with Crippen molar-refractivity contribution in [2.45, 2.75) is 56.9 Å². The Balaban J connectivity index is 1.79. The molecule has 0 aliphatic rings.